The molecule has 2 rings (SSSR count). The van der Waals surface area contributed by atoms with Crippen LogP contribution in [0.2, 0.25) is 0 Å². The fourth-order valence-corrected chi connectivity index (χ4v) is 4.67. The zero-order chi connectivity index (χ0) is 17.9. The predicted octanol–water partition coefficient (Wildman–Crippen LogP) is 1.27. The summed E-state index contributed by atoms with van der Waals surface area (Å²) < 4.78 is 10.6. The van der Waals surface area contributed by atoms with Crippen LogP contribution in [0.5, 0.6) is 0 Å². The van der Waals surface area contributed by atoms with Crippen molar-refractivity contribution in [1.82, 2.24) is 16.0 Å². The molecule has 0 spiro atoms. The van der Waals surface area contributed by atoms with Gasteiger partial charge in [-0.05, 0) is 26.2 Å². The van der Waals surface area contributed by atoms with Gasteiger partial charge in [-0.3, -0.25) is 4.79 Å². The van der Waals surface area contributed by atoms with Crippen molar-refractivity contribution in [2.24, 2.45) is 0 Å². The van der Waals surface area contributed by atoms with Gasteiger partial charge in [0.15, 0.2) is 0 Å². The number of hydrogen-bond donors (Lipinski definition) is 3. The summed E-state index contributed by atoms with van der Waals surface area (Å²) in [5.41, 5.74) is 0. The average Bonchev–Trinajstić information content (AvgIpc) is 3.13. The summed E-state index contributed by atoms with van der Waals surface area (Å²) in [4.78, 5) is 23.1. The van der Waals surface area contributed by atoms with Crippen molar-refractivity contribution < 1.29 is 19.1 Å². The van der Waals surface area contributed by atoms with Crippen molar-refractivity contribution >= 4 is 23.7 Å². The van der Waals surface area contributed by atoms with Crippen LogP contribution in [0, 0.1) is 0 Å². The van der Waals surface area contributed by atoms with E-state index in [0.29, 0.717) is 44.6 Å². The molecule has 2 heterocycles. The van der Waals surface area contributed by atoms with Crippen LogP contribution in [0.1, 0.15) is 39.0 Å². The van der Waals surface area contributed by atoms with Gasteiger partial charge in [0.25, 0.3) is 0 Å². The van der Waals surface area contributed by atoms with Gasteiger partial charge in [-0.2, -0.15) is 11.8 Å². The van der Waals surface area contributed by atoms with E-state index < -0.39 is 0 Å². The number of urea groups is 1. The maximum atomic E-state index is 11.8. The second-order valence-corrected chi connectivity index (χ2v) is 7.65. The topological polar surface area (TPSA) is 88.7 Å². The quantitative estimate of drug-likeness (QED) is 0.334. The Bertz CT molecular complexity index is 425. The third-order valence-corrected chi connectivity index (χ3v) is 5.95. The second-order valence-electron chi connectivity index (χ2n) is 6.38. The maximum Gasteiger partial charge on any atom is 0.315 e. The van der Waals surface area contributed by atoms with E-state index in [2.05, 4.69) is 16.0 Å². The van der Waals surface area contributed by atoms with Gasteiger partial charge in [0.1, 0.15) is 0 Å². The zero-order valence-corrected chi connectivity index (χ0v) is 15.9. The Morgan fingerprint density at radius 3 is 2.88 bits per heavy atom. The summed E-state index contributed by atoms with van der Waals surface area (Å²) in [6, 6.07) is 0.497. The number of rotatable bonds is 13. The maximum absolute atomic E-state index is 11.8. The zero-order valence-electron chi connectivity index (χ0n) is 15.1. The lowest BCUT2D eigenvalue weighted by Crippen LogP contribution is -2.36. The number of fused-ring (bicyclic) bond motifs is 1. The van der Waals surface area contributed by atoms with E-state index in [1.165, 1.54) is 0 Å². The van der Waals surface area contributed by atoms with Gasteiger partial charge in [0, 0.05) is 37.2 Å². The Kier molecular flexibility index (Phi) is 9.42. The smallest absolute Gasteiger partial charge is 0.315 e. The fourth-order valence-electron chi connectivity index (χ4n) is 3.13. The number of nitrogens with one attached hydrogen (secondary N) is 3. The molecule has 0 aromatic rings. The van der Waals surface area contributed by atoms with Crippen LogP contribution in [0.25, 0.3) is 0 Å². The van der Waals surface area contributed by atoms with Crippen molar-refractivity contribution in [3.8, 4) is 0 Å². The summed E-state index contributed by atoms with van der Waals surface area (Å²) in [6.45, 7) is 5.22. The second kappa shape index (κ2) is 11.6. The Labute approximate surface area is 154 Å². The molecule has 0 unspecified atom stereocenters. The third-order valence-electron chi connectivity index (χ3n) is 4.44. The van der Waals surface area contributed by atoms with E-state index in [0.717, 1.165) is 31.4 Å². The number of carbonyl (C=O) groups is 2. The molecule has 7 nitrogen and oxygen atoms in total. The van der Waals surface area contributed by atoms with E-state index in [9.17, 15) is 9.59 Å². The number of carbonyl (C=O) groups excluding carboxylic acids is 2. The molecule has 0 aromatic carbocycles. The lowest BCUT2D eigenvalue weighted by molar-refractivity contribution is -0.121. The van der Waals surface area contributed by atoms with Gasteiger partial charge >= 0.3 is 6.03 Å². The highest BCUT2D eigenvalue weighted by atomic mass is 32.2. The first-order chi connectivity index (χ1) is 12.2. The van der Waals surface area contributed by atoms with Crippen LogP contribution in [0.3, 0.4) is 0 Å². The first-order valence-corrected chi connectivity index (χ1v) is 10.4. The third kappa shape index (κ3) is 7.42. The first kappa shape index (κ1) is 20.3. The van der Waals surface area contributed by atoms with Crippen LogP contribution < -0.4 is 16.0 Å². The summed E-state index contributed by atoms with van der Waals surface area (Å²) in [7, 11) is 0. The first-order valence-electron chi connectivity index (χ1n) is 9.31. The van der Waals surface area contributed by atoms with Gasteiger partial charge in [0.2, 0.25) is 5.91 Å². The van der Waals surface area contributed by atoms with Crippen molar-refractivity contribution in [1.29, 1.82) is 0 Å². The van der Waals surface area contributed by atoms with E-state index in [1.54, 1.807) is 0 Å². The molecular weight excluding hydrogens is 342 g/mol. The molecule has 2 aliphatic heterocycles. The van der Waals surface area contributed by atoms with Crippen molar-refractivity contribution in [3.63, 3.8) is 0 Å². The number of thioether (sulfide) groups is 1. The summed E-state index contributed by atoms with van der Waals surface area (Å²) >= 11 is 1.92. The van der Waals surface area contributed by atoms with Crippen molar-refractivity contribution in [3.05, 3.63) is 0 Å². The minimum Gasteiger partial charge on any atom is -0.379 e. The Morgan fingerprint density at radius 2 is 2.04 bits per heavy atom. The standard InChI is InChI=1S/C17H31N3O4S/c1-2-23-10-11-24-9-5-8-18-15(21)7-4-3-6-14-16-13(12-25-14)19-17(22)20-16/h13-14,16H,2-12H2,1H3,(H,18,21)(H2,19,20,22)/t13-,14-,16-/m0/s1. The van der Waals surface area contributed by atoms with E-state index in [1.807, 2.05) is 18.7 Å². The summed E-state index contributed by atoms with van der Waals surface area (Å²) in [5.74, 6) is 1.10. The molecule has 0 aliphatic carbocycles. The molecule has 0 radical (unpaired) electrons. The highest BCUT2D eigenvalue weighted by Crippen LogP contribution is 2.33. The predicted molar refractivity (Wildman–Crippen MR) is 98.9 cm³/mol. The van der Waals surface area contributed by atoms with Gasteiger partial charge in [-0.1, -0.05) is 6.42 Å². The SMILES string of the molecule is CCOCCOCCCNC(=O)CCCC[C@@H]1SC[C@@H]2NC(=O)N[C@@H]21. The van der Waals surface area contributed by atoms with Crippen LogP contribution in [0.15, 0.2) is 0 Å². The van der Waals surface area contributed by atoms with Gasteiger partial charge < -0.3 is 25.4 Å². The van der Waals surface area contributed by atoms with Gasteiger partial charge in [-0.25, -0.2) is 4.79 Å². The number of hydrogen-bond acceptors (Lipinski definition) is 5. The van der Waals surface area contributed by atoms with Crippen LogP contribution in [-0.2, 0) is 14.3 Å². The number of ether oxygens (including phenoxy) is 2. The monoisotopic (exact) mass is 373 g/mol. The molecule has 3 amide bonds. The van der Waals surface area contributed by atoms with Crippen molar-refractivity contribution in [2.45, 2.75) is 56.4 Å². The Hall–Kier alpha value is -0.990. The average molecular weight is 374 g/mol. The molecule has 2 aliphatic rings. The fraction of sp³-hybridized carbons (Fsp3) is 0.882. The lowest BCUT2D eigenvalue weighted by atomic mass is 10.0. The van der Waals surface area contributed by atoms with Crippen LogP contribution in [0.4, 0.5) is 4.79 Å². The van der Waals surface area contributed by atoms with E-state index in [4.69, 9.17) is 9.47 Å². The van der Waals surface area contributed by atoms with Crippen LogP contribution >= 0.6 is 11.8 Å². The molecule has 8 heteroatoms. The minimum atomic E-state index is -0.0402. The Morgan fingerprint density at radius 1 is 1.20 bits per heavy atom. The number of amides is 3. The highest BCUT2D eigenvalue weighted by Gasteiger charge is 2.42. The molecule has 3 N–H and O–H groups in total. The molecule has 3 atom stereocenters. The van der Waals surface area contributed by atoms with Crippen molar-refractivity contribution in [2.75, 3.05) is 38.7 Å². The molecule has 2 saturated heterocycles. The normalized spacial score (nSPS) is 24.7. The minimum absolute atomic E-state index is 0.0402. The molecule has 2 fully saturated rings. The summed E-state index contributed by atoms with van der Waals surface area (Å²) in [6.07, 6.45) is 4.36. The molecule has 0 bridgehead atoms. The number of unbranched alkanes of at least 4 members (excludes halogenated alkanes) is 1. The molecular formula is C17H31N3O4S. The lowest BCUT2D eigenvalue weighted by Gasteiger charge is -2.16. The molecule has 144 valence electrons. The van der Waals surface area contributed by atoms with E-state index in [-0.39, 0.29) is 24.0 Å². The highest BCUT2D eigenvalue weighted by molar-refractivity contribution is 8.00. The largest absolute Gasteiger partial charge is 0.379 e. The summed E-state index contributed by atoms with van der Waals surface area (Å²) in [5, 5.41) is 9.36. The van der Waals surface area contributed by atoms with Crippen LogP contribution in [-0.4, -0.2) is 68.0 Å². The molecule has 25 heavy (non-hydrogen) atoms. The van der Waals surface area contributed by atoms with E-state index >= 15 is 0 Å². The van der Waals surface area contributed by atoms with Gasteiger partial charge in [-0.15, -0.1) is 0 Å². The Balaban J connectivity index is 1.41. The molecule has 0 aromatic heterocycles. The molecule has 0 saturated carbocycles. The van der Waals surface area contributed by atoms with Gasteiger partial charge in [0.05, 0.1) is 25.3 Å².